The molecule has 0 bridgehead atoms. The normalized spacial score (nSPS) is 24.8. The van der Waals surface area contributed by atoms with Crippen LogP contribution in [0.25, 0.3) is 0 Å². The molecule has 1 fully saturated rings. The zero-order valence-electron chi connectivity index (χ0n) is 18.5. The highest BCUT2D eigenvalue weighted by Gasteiger charge is 2.69. The van der Waals surface area contributed by atoms with Gasteiger partial charge < -0.3 is 4.74 Å². The van der Waals surface area contributed by atoms with Crippen LogP contribution in [-0.2, 0) is 19.6 Å². The lowest BCUT2D eigenvalue weighted by Gasteiger charge is -2.36. The number of esters is 1. The van der Waals surface area contributed by atoms with E-state index in [4.69, 9.17) is 4.74 Å². The Bertz CT molecular complexity index is 1270. The van der Waals surface area contributed by atoms with E-state index in [0.29, 0.717) is 5.56 Å². The molecule has 1 aliphatic rings. The average molecular weight is 548 g/mol. The highest BCUT2D eigenvalue weighted by atomic mass is 79.9. The maximum absolute atomic E-state index is 13.8. The van der Waals surface area contributed by atoms with E-state index in [1.807, 2.05) is 0 Å². The van der Waals surface area contributed by atoms with Crippen LogP contribution in [0, 0.1) is 32.3 Å². The molecule has 0 N–H and O–H groups in total. The third-order valence-electron chi connectivity index (χ3n) is 6.15. The van der Waals surface area contributed by atoms with Gasteiger partial charge in [0.15, 0.2) is 5.41 Å². The van der Waals surface area contributed by atoms with Crippen LogP contribution in [0.2, 0.25) is 0 Å². The Hall–Kier alpha value is -3.07. The number of hydrogen-bond donors (Lipinski definition) is 0. The molecule has 1 saturated heterocycles. The van der Waals surface area contributed by atoms with Gasteiger partial charge in [0, 0.05) is 28.6 Å². The molecule has 3 rings (SSSR count). The van der Waals surface area contributed by atoms with Crippen molar-refractivity contribution in [2.45, 2.75) is 24.8 Å². The Labute approximate surface area is 206 Å². The van der Waals surface area contributed by atoms with Crippen molar-refractivity contribution in [3.8, 4) is 6.07 Å². The lowest BCUT2D eigenvalue weighted by Crippen LogP contribution is -2.46. The quantitative estimate of drug-likeness (QED) is 0.217. The van der Waals surface area contributed by atoms with E-state index in [1.165, 1.54) is 6.08 Å². The second-order valence-corrected chi connectivity index (χ2v) is 10.8. The number of ether oxygens (including phenoxy) is 1. The summed E-state index contributed by atoms with van der Waals surface area (Å²) >= 11 is 3.34. The zero-order valence-corrected chi connectivity index (χ0v) is 20.9. The number of rotatable bonds is 7. The number of hydrogen-bond acceptors (Lipinski definition) is 7. The number of benzene rings is 2. The molecule has 2 aromatic rings. The second kappa shape index (κ2) is 9.29. The molecule has 0 saturated carbocycles. The largest absolute Gasteiger partial charge is 0.465 e. The first-order valence-electron chi connectivity index (χ1n) is 10.2. The summed E-state index contributed by atoms with van der Waals surface area (Å²) in [5.74, 6) is -0.853. The van der Waals surface area contributed by atoms with Crippen molar-refractivity contribution in [1.82, 2.24) is 4.31 Å². The van der Waals surface area contributed by atoms with Gasteiger partial charge in [0.2, 0.25) is 10.0 Å². The average Bonchev–Trinajstić information content (AvgIpc) is 3.10. The van der Waals surface area contributed by atoms with Gasteiger partial charge in [-0.05, 0) is 36.8 Å². The summed E-state index contributed by atoms with van der Waals surface area (Å²) in [6.07, 6.45) is 1.41. The van der Waals surface area contributed by atoms with Gasteiger partial charge in [0.1, 0.15) is 0 Å². The number of nitrogens with zero attached hydrogens (tertiary/aromatic N) is 3. The summed E-state index contributed by atoms with van der Waals surface area (Å²) in [6.45, 7) is 6.76. The number of nitro benzene ring substituents is 1. The fourth-order valence-corrected chi connectivity index (χ4v) is 6.29. The van der Waals surface area contributed by atoms with E-state index in [2.05, 4.69) is 28.6 Å². The molecule has 0 aliphatic carbocycles. The number of carbonyl (C=O) groups excluding carboxylic acids is 1. The maximum Gasteiger partial charge on any atom is 0.329 e. The zero-order chi connectivity index (χ0) is 25.3. The molecule has 1 aliphatic heterocycles. The smallest absolute Gasteiger partial charge is 0.329 e. The number of carbonyl (C=O) groups is 1. The van der Waals surface area contributed by atoms with E-state index in [9.17, 15) is 28.6 Å². The van der Waals surface area contributed by atoms with E-state index < -0.39 is 37.8 Å². The molecular weight excluding hydrogens is 526 g/mol. The first-order chi connectivity index (χ1) is 16.0. The first kappa shape index (κ1) is 25.6. The predicted octanol–water partition coefficient (Wildman–Crippen LogP) is 4.37. The fourth-order valence-electron chi connectivity index (χ4n) is 4.28. The van der Waals surface area contributed by atoms with Crippen LogP contribution in [0.3, 0.4) is 0 Å². The Kier molecular flexibility index (Phi) is 6.98. The number of non-ortho nitro benzene ring substituents is 1. The van der Waals surface area contributed by atoms with Gasteiger partial charge in [0.25, 0.3) is 5.69 Å². The third-order valence-corrected chi connectivity index (χ3v) is 8.50. The van der Waals surface area contributed by atoms with Crippen LogP contribution >= 0.6 is 15.9 Å². The minimum atomic E-state index is -4.31. The molecule has 0 amide bonds. The van der Waals surface area contributed by atoms with Gasteiger partial charge in [-0.3, -0.25) is 14.9 Å². The van der Waals surface area contributed by atoms with Crippen LogP contribution in [0.5, 0.6) is 0 Å². The molecule has 2 aromatic carbocycles. The third kappa shape index (κ3) is 3.91. The SMILES string of the molecule is C=C[C@]1(C)CN(S(=O)(=O)c2ccc([N+](=O)[O-])cc2)[C@@H](c2ccc(Br)cc2)[C@]1(C#N)C(=O)OCC. The van der Waals surface area contributed by atoms with Crippen LogP contribution in [0.15, 0.2) is 70.6 Å². The van der Waals surface area contributed by atoms with Crippen molar-refractivity contribution in [1.29, 1.82) is 5.26 Å². The number of sulfonamides is 1. The van der Waals surface area contributed by atoms with Crippen molar-refractivity contribution >= 4 is 37.6 Å². The minimum Gasteiger partial charge on any atom is -0.465 e. The number of nitro groups is 1. The van der Waals surface area contributed by atoms with Crippen molar-refractivity contribution in [2.75, 3.05) is 13.2 Å². The number of halogens is 1. The molecule has 0 radical (unpaired) electrons. The summed E-state index contributed by atoms with van der Waals surface area (Å²) in [5.41, 5.74) is -3.10. The molecule has 0 unspecified atom stereocenters. The Balaban J connectivity index is 2.29. The summed E-state index contributed by atoms with van der Waals surface area (Å²) < 4.78 is 34.7. The second-order valence-electron chi connectivity index (χ2n) is 8.02. The van der Waals surface area contributed by atoms with Gasteiger partial charge in [-0.25, -0.2) is 8.42 Å². The van der Waals surface area contributed by atoms with Crippen molar-refractivity contribution in [3.05, 3.63) is 81.3 Å². The Morgan fingerprint density at radius 1 is 1.32 bits per heavy atom. The van der Waals surface area contributed by atoms with E-state index >= 15 is 0 Å². The highest BCUT2D eigenvalue weighted by molar-refractivity contribution is 9.10. The summed E-state index contributed by atoms with van der Waals surface area (Å²) in [6, 6.07) is 11.9. The monoisotopic (exact) mass is 547 g/mol. The molecule has 1 heterocycles. The summed E-state index contributed by atoms with van der Waals surface area (Å²) in [4.78, 5) is 23.5. The molecule has 11 heteroatoms. The first-order valence-corrected chi connectivity index (χ1v) is 12.5. The van der Waals surface area contributed by atoms with Crippen molar-refractivity contribution in [3.63, 3.8) is 0 Å². The van der Waals surface area contributed by atoms with E-state index in [1.54, 1.807) is 38.1 Å². The lowest BCUT2D eigenvalue weighted by molar-refractivity contribution is -0.384. The highest BCUT2D eigenvalue weighted by Crippen LogP contribution is 2.60. The van der Waals surface area contributed by atoms with E-state index in [0.717, 1.165) is 33.0 Å². The molecule has 3 atom stereocenters. The predicted molar refractivity (Wildman–Crippen MR) is 127 cm³/mol. The molecule has 0 spiro atoms. The van der Waals surface area contributed by atoms with Gasteiger partial charge in [-0.15, -0.1) is 6.58 Å². The van der Waals surface area contributed by atoms with Gasteiger partial charge in [-0.2, -0.15) is 9.57 Å². The van der Waals surface area contributed by atoms with Crippen LogP contribution in [0.1, 0.15) is 25.5 Å². The van der Waals surface area contributed by atoms with E-state index in [-0.39, 0.29) is 23.7 Å². The van der Waals surface area contributed by atoms with Crippen LogP contribution in [0.4, 0.5) is 5.69 Å². The Morgan fingerprint density at radius 2 is 1.91 bits per heavy atom. The molecule has 34 heavy (non-hydrogen) atoms. The Morgan fingerprint density at radius 3 is 2.38 bits per heavy atom. The minimum absolute atomic E-state index is 0.00233. The van der Waals surface area contributed by atoms with Gasteiger partial charge in [0.05, 0.1) is 28.5 Å². The standard InChI is InChI=1S/C23H22BrN3O6S/c1-4-22(3)15-26(34(31,32)19-12-10-18(11-13-19)27(29)30)20(16-6-8-17(24)9-7-16)23(22,14-25)21(28)33-5-2/h4,6-13,20H,1,5,15H2,2-3H3/t20-,22+,23+/m0/s1. The maximum atomic E-state index is 13.8. The summed E-state index contributed by atoms with van der Waals surface area (Å²) in [7, 11) is -4.31. The van der Waals surface area contributed by atoms with Crippen molar-refractivity contribution < 1.29 is 22.9 Å². The molecular formula is C23H22BrN3O6S. The molecule has 178 valence electrons. The topological polar surface area (TPSA) is 131 Å². The molecule has 0 aromatic heterocycles. The van der Waals surface area contributed by atoms with Crippen LogP contribution < -0.4 is 0 Å². The molecule has 9 nitrogen and oxygen atoms in total. The van der Waals surface area contributed by atoms with Gasteiger partial charge in [-0.1, -0.05) is 41.1 Å². The number of nitriles is 1. The lowest BCUT2D eigenvalue weighted by atomic mass is 9.63. The van der Waals surface area contributed by atoms with Crippen molar-refractivity contribution in [2.24, 2.45) is 10.8 Å². The van der Waals surface area contributed by atoms with Crippen LogP contribution in [-0.4, -0.2) is 36.8 Å². The summed E-state index contributed by atoms with van der Waals surface area (Å²) in [5, 5.41) is 21.4. The fraction of sp³-hybridized carbons (Fsp3) is 0.304. The van der Waals surface area contributed by atoms with Gasteiger partial charge >= 0.3 is 5.97 Å².